The summed E-state index contributed by atoms with van der Waals surface area (Å²) in [6.45, 7) is 8.32. The van der Waals surface area contributed by atoms with E-state index >= 15 is 0 Å². The summed E-state index contributed by atoms with van der Waals surface area (Å²) in [5.41, 5.74) is 0. The molecule has 0 aromatic rings. The maximum atomic E-state index is 12.2. The molecule has 23 nitrogen and oxygen atoms in total. The fourth-order valence-corrected chi connectivity index (χ4v) is 7.48. The zero-order chi connectivity index (χ0) is 49.3. The van der Waals surface area contributed by atoms with Gasteiger partial charge in [-0.05, 0) is 38.5 Å². The minimum absolute atomic E-state index is 0.00554. The molecule has 0 aromatic heterocycles. The average molecular weight is 990 g/mol. The van der Waals surface area contributed by atoms with E-state index in [0.29, 0.717) is 104 Å². The molecule has 0 bridgehead atoms. The third-order valence-corrected chi connectivity index (χ3v) is 11.2. The van der Waals surface area contributed by atoms with Crippen LogP contribution in [0.15, 0.2) is 0 Å². The molecule has 2 rings (SSSR count). The molecule has 0 radical (unpaired) electrons. The molecular formula is C43H79N3O20S. The van der Waals surface area contributed by atoms with Crippen LogP contribution in [0.2, 0.25) is 0 Å². The maximum absolute atomic E-state index is 12.2. The Hall–Kier alpha value is -2.69. The van der Waals surface area contributed by atoms with Crippen LogP contribution in [0.5, 0.6) is 0 Å². The van der Waals surface area contributed by atoms with Crippen LogP contribution >= 0.6 is 0 Å². The fourth-order valence-electron chi connectivity index (χ4n) is 6.99. The molecular weight excluding hydrogens is 911 g/mol. The summed E-state index contributed by atoms with van der Waals surface area (Å²) in [5.74, 6) is -1.75. The molecule has 0 spiro atoms. The topological polar surface area (TPSA) is 323 Å². The first kappa shape index (κ1) is 60.4. The third kappa shape index (κ3) is 27.9. The molecule has 3 amide bonds. The number of nitrogens with one attached hydrogen (secondary N) is 3. The lowest BCUT2D eigenvalue weighted by atomic mass is 9.97. The summed E-state index contributed by atoms with van der Waals surface area (Å²) in [6, 6.07) is 0. The van der Waals surface area contributed by atoms with Gasteiger partial charge in [0.1, 0.15) is 18.3 Å². The number of carbonyl (C=O) groups is 4. The van der Waals surface area contributed by atoms with Gasteiger partial charge in [-0.25, -0.2) is 8.98 Å². The second kappa shape index (κ2) is 36.3. The summed E-state index contributed by atoms with van der Waals surface area (Å²) in [4.78, 5) is 48.1. The van der Waals surface area contributed by atoms with Gasteiger partial charge < -0.3 is 74.3 Å². The van der Waals surface area contributed by atoms with Crippen LogP contribution < -0.4 is 16.0 Å². The Morgan fingerprint density at radius 1 is 0.597 bits per heavy atom. The minimum atomic E-state index is -5.19. The molecule has 8 N–H and O–H groups in total. The van der Waals surface area contributed by atoms with Gasteiger partial charge in [0.25, 0.3) is 0 Å². The first-order valence-electron chi connectivity index (χ1n) is 23.8. The van der Waals surface area contributed by atoms with Crippen LogP contribution in [0, 0.1) is 0 Å². The Bertz CT molecular complexity index is 1470. The predicted octanol–water partition coefficient (Wildman–Crippen LogP) is 0.890. The lowest BCUT2D eigenvalue weighted by Gasteiger charge is -2.44. The number of aliphatic carboxylic acids is 1. The van der Waals surface area contributed by atoms with E-state index in [0.717, 1.165) is 44.9 Å². The van der Waals surface area contributed by atoms with Gasteiger partial charge in [0.2, 0.25) is 17.7 Å². The largest absolute Gasteiger partial charge is 0.479 e. The van der Waals surface area contributed by atoms with Crippen LogP contribution in [0.4, 0.5) is 0 Å². The van der Waals surface area contributed by atoms with E-state index in [-0.39, 0.29) is 50.2 Å². The van der Waals surface area contributed by atoms with Gasteiger partial charge in [0.05, 0.1) is 58.5 Å². The quantitative estimate of drug-likeness (QED) is 0.0312. The molecule has 9 unspecified atom stereocenters. The summed E-state index contributed by atoms with van der Waals surface area (Å²) < 4.78 is 81.3. The SMILES string of the molecule is CCCCOCCC(=O)NCCCCCCCC(=O)NCCOCCOCCOCCC(=O)NCCCCCCOC1OC(C(=O)O)C(OC2CC(O)C(O)C(CC)O2)C(O)C1OS(=O)(=O)O. The van der Waals surface area contributed by atoms with Crippen molar-refractivity contribution < 1.29 is 94.7 Å². The van der Waals surface area contributed by atoms with Gasteiger partial charge in [-0.15, -0.1) is 0 Å². The second-order valence-corrected chi connectivity index (χ2v) is 17.4. The zero-order valence-electron chi connectivity index (χ0n) is 39.3. The highest BCUT2D eigenvalue weighted by atomic mass is 32.3. The van der Waals surface area contributed by atoms with E-state index in [1.54, 1.807) is 6.92 Å². The molecule has 0 aliphatic carbocycles. The predicted molar refractivity (Wildman–Crippen MR) is 238 cm³/mol. The van der Waals surface area contributed by atoms with Crippen LogP contribution in [0.25, 0.3) is 0 Å². The average Bonchev–Trinajstić information content (AvgIpc) is 3.28. The molecule has 2 saturated heterocycles. The van der Waals surface area contributed by atoms with E-state index in [1.807, 2.05) is 0 Å². The Labute approximate surface area is 394 Å². The molecule has 9 atom stereocenters. The Morgan fingerprint density at radius 3 is 1.73 bits per heavy atom. The number of unbranched alkanes of at least 4 members (excludes halogenated alkanes) is 8. The standard InChI is InChI=1S/C43H79N3O20S/c1-3-5-21-58-23-16-34(49)44-18-12-8-6-7-11-15-33(48)46-20-25-60-27-29-61-28-26-59-24-17-35(50)45-19-13-9-10-14-22-62-43-40(66-67(55,56)57)38(52)39(41(65-43)42(53)54)64-36-30-31(47)37(51)32(4-2)63-36/h31-32,36-41,43,47,51-52H,3-30H2,1-2H3,(H,44,49)(H,45,50)(H,46,48)(H,53,54)(H,55,56,57). The number of ether oxygens (including phenoxy) is 8. The summed E-state index contributed by atoms with van der Waals surface area (Å²) >= 11 is 0. The maximum Gasteiger partial charge on any atom is 0.397 e. The van der Waals surface area contributed by atoms with Gasteiger partial charge in [-0.3, -0.25) is 18.9 Å². The van der Waals surface area contributed by atoms with Gasteiger partial charge in [0.15, 0.2) is 24.8 Å². The number of hydrogen-bond acceptors (Lipinski definition) is 18. The fraction of sp³-hybridized carbons (Fsp3) is 0.907. The van der Waals surface area contributed by atoms with Gasteiger partial charge in [0, 0.05) is 58.5 Å². The highest BCUT2D eigenvalue weighted by Gasteiger charge is 2.53. The van der Waals surface area contributed by atoms with Crippen LogP contribution in [0.3, 0.4) is 0 Å². The first-order valence-corrected chi connectivity index (χ1v) is 25.1. The molecule has 0 aromatic carbocycles. The van der Waals surface area contributed by atoms with Crippen molar-refractivity contribution in [3.63, 3.8) is 0 Å². The Balaban J connectivity index is 1.44. The van der Waals surface area contributed by atoms with Crippen molar-refractivity contribution in [1.82, 2.24) is 16.0 Å². The molecule has 24 heteroatoms. The Kier molecular flexibility index (Phi) is 32.7. The molecule has 2 aliphatic rings. The Morgan fingerprint density at radius 2 is 1.13 bits per heavy atom. The van der Waals surface area contributed by atoms with Gasteiger partial charge >= 0.3 is 16.4 Å². The highest BCUT2D eigenvalue weighted by molar-refractivity contribution is 7.80. The number of aliphatic hydroxyl groups is 3. The number of carbonyl (C=O) groups excluding carboxylic acids is 3. The second-order valence-electron chi connectivity index (χ2n) is 16.3. The molecule has 2 aliphatic heterocycles. The molecule has 67 heavy (non-hydrogen) atoms. The van der Waals surface area contributed by atoms with E-state index < -0.39 is 71.7 Å². The number of aliphatic hydroxyl groups excluding tert-OH is 3. The van der Waals surface area contributed by atoms with Crippen molar-refractivity contribution in [2.75, 3.05) is 79.1 Å². The lowest BCUT2D eigenvalue weighted by Crippen LogP contribution is -2.63. The number of hydrogen-bond donors (Lipinski definition) is 8. The van der Waals surface area contributed by atoms with Crippen molar-refractivity contribution in [2.45, 2.75) is 172 Å². The summed E-state index contributed by atoms with van der Waals surface area (Å²) in [7, 11) is -5.19. The van der Waals surface area contributed by atoms with Crippen molar-refractivity contribution >= 4 is 34.1 Å². The van der Waals surface area contributed by atoms with E-state index in [1.165, 1.54) is 0 Å². The first-order chi connectivity index (χ1) is 32.2. The monoisotopic (exact) mass is 989 g/mol. The minimum Gasteiger partial charge on any atom is -0.479 e. The van der Waals surface area contributed by atoms with E-state index in [9.17, 15) is 52.6 Å². The highest BCUT2D eigenvalue weighted by Crippen LogP contribution is 2.32. The van der Waals surface area contributed by atoms with Crippen molar-refractivity contribution in [3.05, 3.63) is 0 Å². The third-order valence-electron chi connectivity index (χ3n) is 10.7. The summed E-state index contributed by atoms with van der Waals surface area (Å²) in [6.07, 6.45) is -3.96. The molecule has 2 heterocycles. The van der Waals surface area contributed by atoms with Crippen LogP contribution in [0.1, 0.15) is 117 Å². The smallest absolute Gasteiger partial charge is 0.397 e. The van der Waals surface area contributed by atoms with Gasteiger partial charge in [-0.2, -0.15) is 8.42 Å². The van der Waals surface area contributed by atoms with Crippen molar-refractivity contribution in [1.29, 1.82) is 0 Å². The van der Waals surface area contributed by atoms with Crippen LogP contribution in [-0.4, -0.2) is 191 Å². The zero-order valence-corrected chi connectivity index (χ0v) is 40.1. The lowest BCUT2D eigenvalue weighted by molar-refractivity contribution is -0.332. The molecule has 392 valence electrons. The van der Waals surface area contributed by atoms with Gasteiger partial charge in [-0.1, -0.05) is 52.4 Å². The number of amides is 3. The molecule has 0 saturated carbocycles. The summed E-state index contributed by atoms with van der Waals surface area (Å²) in [5, 5.41) is 49.8. The number of rotatable bonds is 40. The number of carboxylic acids is 1. The number of carboxylic acid groups (broad SMARTS) is 1. The normalized spacial score (nSPS) is 24.3. The van der Waals surface area contributed by atoms with Crippen LogP contribution in [-0.2, 0) is 71.7 Å². The van der Waals surface area contributed by atoms with E-state index in [4.69, 9.17) is 37.9 Å². The molecule has 2 fully saturated rings. The van der Waals surface area contributed by atoms with E-state index in [2.05, 4.69) is 27.1 Å². The van der Waals surface area contributed by atoms with Crippen molar-refractivity contribution in [3.8, 4) is 0 Å². The van der Waals surface area contributed by atoms with Crippen molar-refractivity contribution in [2.24, 2.45) is 0 Å².